The average molecular weight is 354 g/mol. The molecule has 3 amide bonds. The number of hydrogen-bond donors (Lipinski definition) is 4. The van der Waals surface area contributed by atoms with E-state index in [1.165, 1.54) is 6.07 Å². The number of fused-ring (bicyclic) bond motifs is 1. The Labute approximate surface area is 149 Å². The first-order valence-corrected chi connectivity index (χ1v) is 7.87. The number of hydrogen-bond acceptors (Lipinski definition) is 6. The number of nitrogens with zero attached hydrogens (tertiary/aromatic N) is 2. The van der Waals surface area contributed by atoms with Gasteiger partial charge in [0.2, 0.25) is 0 Å². The fraction of sp³-hybridized carbons (Fsp3) is 0.176. The van der Waals surface area contributed by atoms with Crippen LogP contribution in [-0.4, -0.2) is 22.9 Å². The van der Waals surface area contributed by atoms with E-state index in [4.69, 9.17) is 16.2 Å². The van der Waals surface area contributed by atoms with E-state index in [2.05, 4.69) is 20.6 Å². The second kappa shape index (κ2) is 7.09. The minimum atomic E-state index is -0.816. The molecule has 26 heavy (non-hydrogen) atoms. The highest BCUT2D eigenvalue weighted by Gasteiger charge is 2.21. The topological polar surface area (TPSA) is 145 Å². The van der Waals surface area contributed by atoms with Gasteiger partial charge in [0.1, 0.15) is 18.3 Å². The van der Waals surface area contributed by atoms with Crippen LogP contribution < -0.4 is 22.1 Å². The third kappa shape index (κ3) is 3.72. The van der Waals surface area contributed by atoms with Crippen molar-refractivity contribution in [3.63, 3.8) is 0 Å². The maximum atomic E-state index is 12.2. The van der Waals surface area contributed by atoms with Gasteiger partial charge in [-0.1, -0.05) is 30.3 Å². The number of ether oxygens (including phenoxy) is 1. The number of aliphatic imine (C=N–C) groups is 1. The molecule has 9 nitrogen and oxygen atoms in total. The molecule has 9 heteroatoms. The molecule has 0 aliphatic carbocycles. The third-order valence-corrected chi connectivity index (χ3v) is 3.81. The molecule has 0 radical (unpaired) electrons. The molecule has 2 heterocycles. The Hall–Kier alpha value is -3.62. The van der Waals surface area contributed by atoms with Crippen molar-refractivity contribution in [3.8, 4) is 0 Å². The van der Waals surface area contributed by atoms with Gasteiger partial charge in [0.05, 0.1) is 17.3 Å². The van der Waals surface area contributed by atoms with Crippen LogP contribution in [0.5, 0.6) is 0 Å². The summed E-state index contributed by atoms with van der Waals surface area (Å²) in [5, 5.41) is 5.43. The number of nitrogens with two attached hydrogens (primary N) is 2. The van der Waals surface area contributed by atoms with Crippen molar-refractivity contribution in [1.82, 2.24) is 10.3 Å². The Morgan fingerprint density at radius 1 is 1.27 bits per heavy atom. The van der Waals surface area contributed by atoms with Gasteiger partial charge in [0, 0.05) is 11.8 Å². The lowest BCUT2D eigenvalue weighted by atomic mass is 10.1. The van der Waals surface area contributed by atoms with E-state index >= 15 is 0 Å². The summed E-state index contributed by atoms with van der Waals surface area (Å²) in [6, 6.07) is 10.3. The predicted octanol–water partition coefficient (Wildman–Crippen LogP) is 1.90. The Kier molecular flexibility index (Phi) is 4.70. The lowest BCUT2D eigenvalue weighted by Gasteiger charge is -2.16. The van der Waals surface area contributed by atoms with Crippen LogP contribution in [0.25, 0.3) is 0 Å². The van der Waals surface area contributed by atoms with Crippen molar-refractivity contribution in [2.24, 2.45) is 10.7 Å². The number of amidine groups is 1. The zero-order chi connectivity index (χ0) is 18.7. The summed E-state index contributed by atoms with van der Waals surface area (Å²) in [5.41, 5.74) is 13.6. The van der Waals surface area contributed by atoms with Gasteiger partial charge < -0.3 is 21.5 Å². The summed E-state index contributed by atoms with van der Waals surface area (Å²) in [4.78, 5) is 31.4. The molecule has 0 bridgehead atoms. The second-order valence-corrected chi connectivity index (χ2v) is 5.70. The highest BCUT2D eigenvalue weighted by molar-refractivity contribution is 6.08. The normalized spacial score (nSPS) is 14.3. The van der Waals surface area contributed by atoms with E-state index in [-0.39, 0.29) is 30.0 Å². The van der Waals surface area contributed by atoms with Crippen LogP contribution in [0.2, 0.25) is 0 Å². The van der Waals surface area contributed by atoms with E-state index in [1.807, 2.05) is 37.3 Å². The molecular weight excluding hydrogens is 336 g/mol. The second-order valence-electron chi connectivity index (χ2n) is 5.70. The number of urea groups is 1. The van der Waals surface area contributed by atoms with Gasteiger partial charge in [-0.05, 0) is 12.5 Å². The van der Waals surface area contributed by atoms with Gasteiger partial charge in [-0.2, -0.15) is 4.99 Å². The summed E-state index contributed by atoms with van der Waals surface area (Å²) >= 11 is 0. The predicted molar refractivity (Wildman–Crippen MR) is 96.6 cm³/mol. The quantitative estimate of drug-likeness (QED) is 0.662. The maximum Gasteiger partial charge on any atom is 0.435 e. The van der Waals surface area contributed by atoms with Crippen molar-refractivity contribution in [3.05, 3.63) is 53.2 Å². The van der Waals surface area contributed by atoms with Gasteiger partial charge in [-0.25, -0.2) is 14.6 Å². The molecule has 1 aromatic heterocycles. The molecule has 1 aromatic carbocycles. The van der Waals surface area contributed by atoms with Crippen LogP contribution in [-0.2, 0) is 11.3 Å². The zero-order valence-electron chi connectivity index (χ0n) is 14.0. The maximum absolute atomic E-state index is 12.2. The SMILES string of the molecule is C[C@@H](NC(=O)Nc1cc(N)c2c(n1)COC(=O)N=C2N)c1ccccc1. The first kappa shape index (κ1) is 17.2. The molecule has 3 rings (SSSR count). The summed E-state index contributed by atoms with van der Waals surface area (Å²) in [5.74, 6) is 0.144. The van der Waals surface area contributed by atoms with Crippen molar-refractivity contribution in [2.45, 2.75) is 19.6 Å². The fourth-order valence-corrected chi connectivity index (χ4v) is 2.57. The van der Waals surface area contributed by atoms with Crippen LogP contribution in [0.15, 0.2) is 41.4 Å². The van der Waals surface area contributed by atoms with Gasteiger partial charge in [0.15, 0.2) is 0 Å². The first-order chi connectivity index (χ1) is 12.4. The van der Waals surface area contributed by atoms with Crippen LogP contribution >= 0.6 is 0 Å². The molecule has 1 atom stereocenters. The minimum Gasteiger partial charge on any atom is -0.441 e. The molecule has 1 aliphatic rings. The first-order valence-electron chi connectivity index (χ1n) is 7.87. The number of amides is 3. The molecular formula is C17H18N6O3. The lowest BCUT2D eigenvalue weighted by Crippen LogP contribution is -2.31. The molecule has 0 spiro atoms. The fourth-order valence-electron chi connectivity index (χ4n) is 2.57. The van der Waals surface area contributed by atoms with E-state index in [9.17, 15) is 9.59 Å². The number of cyclic esters (lactones) is 1. The van der Waals surface area contributed by atoms with E-state index in [0.717, 1.165) is 5.56 Å². The molecule has 0 fully saturated rings. The van der Waals surface area contributed by atoms with Gasteiger partial charge >= 0.3 is 12.1 Å². The molecule has 0 unspecified atom stereocenters. The van der Waals surface area contributed by atoms with Crippen molar-refractivity contribution in [1.29, 1.82) is 0 Å². The number of pyridine rings is 1. The van der Waals surface area contributed by atoms with Crippen LogP contribution in [0.1, 0.15) is 29.8 Å². The highest BCUT2D eigenvalue weighted by atomic mass is 16.5. The van der Waals surface area contributed by atoms with Crippen molar-refractivity contribution < 1.29 is 14.3 Å². The number of aromatic nitrogens is 1. The Bertz CT molecular complexity index is 882. The Balaban J connectivity index is 1.75. The number of rotatable bonds is 3. The lowest BCUT2D eigenvalue weighted by molar-refractivity contribution is 0.150. The third-order valence-electron chi connectivity index (χ3n) is 3.81. The molecule has 6 N–H and O–H groups in total. The number of carbonyl (C=O) groups is 2. The largest absolute Gasteiger partial charge is 0.441 e. The van der Waals surface area contributed by atoms with Crippen LogP contribution in [0.3, 0.4) is 0 Å². The van der Waals surface area contributed by atoms with E-state index in [0.29, 0.717) is 11.3 Å². The summed E-state index contributed by atoms with van der Waals surface area (Å²) < 4.78 is 4.88. The molecule has 0 saturated heterocycles. The standard InChI is InChI=1S/C17H18N6O3/c1-9(10-5-3-2-4-6-10)20-16(24)22-13-7-11(18)14-12(21-13)8-26-17(25)23-15(14)19/h2-7,9H,8H2,1H3,(H2,19,23,25)(H4,18,20,21,22,24)/t9-/m1/s1. The number of carbonyl (C=O) groups excluding carboxylic acids is 2. The van der Waals surface area contributed by atoms with Gasteiger partial charge in [-0.3, -0.25) is 5.32 Å². The van der Waals surface area contributed by atoms with Crippen molar-refractivity contribution in [2.75, 3.05) is 11.1 Å². The van der Waals surface area contributed by atoms with E-state index < -0.39 is 12.1 Å². The highest BCUT2D eigenvalue weighted by Crippen LogP contribution is 2.23. The minimum absolute atomic E-state index is 0.0683. The van der Waals surface area contributed by atoms with Gasteiger partial charge in [-0.15, -0.1) is 0 Å². The smallest absolute Gasteiger partial charge is 0.435 e. The summed E-state index contributed by atoms with van der Waals surface area (Å²) in [6.07, 6.45) is -0.816. The van der Waals surface area contributed by atoms with Crippen molar-refractivity contribution >= 4 is 29.5 Å². The van der Waals surface area contributed by atoms with Crippen LogP contribution in [0.4, 0.5) is 21.1 Å². The zero-order valence-corrected chi connectivity index (χ0v) is 14.0. The monoisotopic (exact) mass is 354 g/mol. The van der Waals surface area contributed by atoms with Crippen LogP contribution in [0, 0.1) is 0 Å². The number of anilines is 2. The number of benzene rings is 1. The number of nitrogen functional groups attached to an aromatic ring is 1. The molecule has 134 valence electrons. The molecule has 0 saturated carbocycles. The molecule has 1 aliphatic heterocycles. The Morgan fingerprint density at radius 3 is 2.73 bits per heavy atom. The summed E-state index contributed by atoms with van der Waals surface area (Å²) in [6.45, 7) is 1.73. The van der Waals surface area contributed by atoms with E-state index in [1.54, 1.807) is 0 Å². The summed E-state index contributed by atoms with van der Waals surface area (Å²) in [7, 11) is 0. The molecule has 2 aromatic rings. The van der Waals surface area contributed by atoms with Gasteiger partial charge in [0.25, 0.3) is 0 Å². The number of nitrogens with one attached hydrogen (secondary N) is 2. The Morgan fingerprint density at radius 2 is 2.00 bits per heavy atom. The average Bonchev–Trinajstić information content (AvgIpc) is 2.73.